The number of hydrogen-bond acceptors (Lipinski definition) is 3. The van der Waals surface area contributed by atoms with Gasteiger partial charge in [0.1, 0.15) is 6.23 Å². The van der Waals surface area contributed by atoms with Gasteiger partial charge in [0, 0.05) is 18.8 Å². The van der Waals surface area contributed by atoms with E-state index in [1.807, 2.05) is 0 Å². The molecule has 1 heterocycles. The lowest BCUT2D eigenvalue weighted by Crippen LogP contribution is -2.24. The molecule has 1 aliphatic heterocycles. The highest BCUT2D eigenvalue weighted by Crippen LogP contribution is 2.27. The molecule has 0 spiro atoms. The number of fused-ring (bicyclic) bond motifs is 1. The van der Waals surface area contributed by atoms with Crippen LogP contribution in [0.25, 0.3) is 0 Å². The summed E-state index contributed by atoms with van der Waals surface area (Å²) in [6.45, 7) is 0. The molecule has 1 N–H and O–H groups in total. The van der Waals surface area contributed by atoms with Crippen molar-refractivity contribution in [2.75, 3.05) is 7.05 Å². The van der Waals surface area contributed by atoms with Gasteiger partial charge in [-0.3, -0.25) is 4.79 Å². The number of carbonyl (C=O) groups is 1. The summed E-state index contributed by atoms with van der Waals surface area (Å²) < 4.78 is 0. The molecule has 0 radical (unpaired) electrons. The molecule has 2 rings (SSSR count). The molecule has 12 heavy (non-hydrogen) atoms. The van der Waals surface area contributed by atoms with Crippen molar-refractivity contribution in [3.63, 3.8) is 0 Å². The van der Waals surface area contributed by atoms with E-state index in [0.717, 1.165) is 11.3 Å². The van der Waals surface area contributed by atoms with Crippen molar-refractivity contribution < 1.29 is 9.90 Å². The number of aliphatic hydroxyl groups is 1. The average Bonchev–Trinajstić information content (AvgIpc) is 2.31. The molecule has 0 saturated carbocycles. The summed E-state index contributed by atoms with van der Waals surface area (Å²) in [6.07, 6.45) is 5.88. The van der Waals surface area contributed by atoms with Crippen molar-refractivity contribution >= 4 is 5.78 Å². The number of likely N-dealkylation sites (N-methyl/N-ethyl adjacent to an activating group) is 1. The molecule has 1 atom stereocenters. The Balaban J connectivity index is 2.43. The Morgan fingerprint density at radius 2 is 2.25 bits per heavy atom. The first-order valence-corrected chi connectivity index (χ1v) is 3.75. The molecule has 0 aromatic rings. The normalized spacial score (nSPS) is 27.0. The minimum Gasteiger partial charge on any atom is -0.370 e. The summed E-state index contributed by atoms with van der Waals surface area (Å²) >= 11 is 0. The van der Waals surface area contributed by atoms with Gasteiger partial charge in [-0.15, -0.1) is 0 Å². The molecule has 0 aromatic heterocycles. The largest absolute Gasteiger partial charge is 0.370 e. The van der Waals surface area contributed by atoms with Gasteiger partial charge in [0.2, 0.25) is 0 Å². The second kappa shape index (κ2) is 2.32. The van der Waals surface area contributed by atoms with Crippen LogP contribution in [0.5, 0.6) is 0 Å². The van der Waals surface area contributed by atoms with Crippen molar-refractivity contribution in [2.45, 2.75) is 6.23 Å². The van der Waals surface area contributed by atoms with Crippen molar-refractivity contribution in [3.8, 4) is 0 Å². The third-order valence-electron chi connectivity index (χ3n) is 2.11. The fraction of sp³-hybridized carbons (Fsp3) is 0.222. The fourth-order valence-electron chi connectivity index (χ4n) is 1.38. The smallest absolute Gasteiger partial charge is 0.180 e. The number of aliphatic hydroxyl groups excluding tert-OH is 1. The topological polar surface area (TPSA) is 40.5 Å². The van der Waals surface area contributed by atoms with E-state index in [2.05, 4.69) is 0 Å². The van der Waals surface area contributed by atoms with Crippen molar-refractivity contribution in [1.82, 2.24) is 4.90 Å². The fourth-order valence-corrected chi connectivity index (χ4v) is 1.38. The monoisotopic (exact) mass is 163 g/mol. The first-order chi connectivity index (χ1) is 5.68. The van der Waals surface area contributed by atoms with Gasteiger partial charge >= 0.3 is 0 Å². The maximum atomic E-state index is 11.0. The number of carbonyl (C=O) groups excluding carboxylic acids is 1. The molecule has 0 aromatic carbocycles. The van der Waals surface area contributed by atoms with E-state index >= 15 is 0 Å². The second-order valence-electron chi connectivity index (χ2n) is 2.91. The molecule has 62 valence electrons. The maximum absolute atomic E-state index is 11.0. The summed E-state index contributed by atoms with van der Waals surface area (Å²) in [5, 5.41) is 9.38. The molecule has 0 saturated heterocycles. The predicted octanol–water partition coefficient (Wildman–Crippen LogP) is 0.199. The van der Waals surface area contributed by atoms with Gasteiger partial charge in [-0.05, 0) is 23.8 Å². The van der Waals surface area contributed by atoms with E-state index < -0.39 is 6.23 Å². The van der Waals surface area contributed by atoms with E-state index in [1.54, 1.807) is 24.1 Å². The van der Waals surface area contributed by atoms with Gasteiger partial charge in [-0.2, -0.15) is 0 Å². The van der Waals surface area contributed by atoms with E-state index in [9.17, 15) is 9.90 Å². The Hall–Kier alpha value is -1.35. The molecule has 1 unspecified atom stereocenters. The Bertz CT molecular complexity index is 325. The van der Waals surface area contributed by atoms with Crippen LogP contribution in [0, 0.1) is 0 Å². The standard InChI is InChI=1S/C9H9NO2/c1-10-8-5-7(11)3-2-6(8)4-9(10)12/h2-5,9,12H,1H3. The lowest BCUT2D eigenvalue weighted by atomic mass is 10.1. The maximum Gasteiger partial charge on any atom is 0.180 e. The van der Waals surface area contributed by atoms with Crippen LogP contribution in [0.4, 0.5) is 0 Å². The van der Waals surface area contributed by atoms with Crippen LogP contribution in [0.2, 0.25) is 0 Å². The van der Waals surface area contributed by atoms with Crippen molar-refractivity contribution in [1.29, 1.82) is 0 Å². The second-order valence-corrected chi connectivity index (χ2v) is 2.91. The van der Waals surface area contributed by atoms with Crippen LogP contribution >= 0.6 is 0 Å². The van der Waals surface area contributed by atoms with Crippen LogP contribution in [-0.4, -0.2) is 29.1 Å². The van der Waals surface area contributed by atoms with Crippen molar-refractivity contribution in [2.24, 2.45) is 0 Å². The number of nitrogens with zero attached hydrogens (tertiary/aromatic N) is 1. The third-order valence-corrected chi connectivity index (χ3v) is 2.11. The van der Waals surface area contributed by atoms with E-state index in [1.165, 1.54) is 12.2 Å². The Kier molecular flexibility index (Phi) is 1.41. The van der Waals surface area contributed by atoms with E-state index in [0.29, 0.717) is 0 Å². The summed E-state index contributed by atoms with van der Waals surface area (Å²) in [7, 11) is 1.76. The third kappa shape index (κ3) is 0.905. The minimum absolute atomic E-state index is 0.0249. The van der Waals surface area contributed by atoms with E-state index in [-0.39, 0.29) is 5.78 Å². The van der Waals surface area contributed by atoms with Gasteiger partial charge < -0.3 is 10.0 Å². The SMILES string of the molecule is CN1C2=CC(=O)C=CC2=CC1O. The summed E-state index contributed by atoms with van der Waals surface area (Å²) in [5.41, 5.74) is 1.72. The summed E-state index contributed by atoms with van der Waals surface area (Å²) in [6, 6.07) is 0. The first-order valence-electron chi connectivity index (χ1n) is 3.75. The van der Waals surface area contributed by atoms with Crippen LogP contribution in [0.3, 0.4) is 0 Å². The summed E-state index contributed by atoms with van der Waals surface area (Å²) in [4.78, 5) is 12.6. The zero-order valence-corrected chi connectivity index (χ0v) is 6.69. The zero-order chi connectivity index (χ0) is 8.72. The molecule has 2 aliphatic rings. The van der Waals surface area contributed by atoms with Gasteiger partial charge in [-0.1, -0.05) is 0 Å². The van der Waals surface area contributed by atoms with Crippen LogP contribution in [0.15, 0.2) is 35.6 Å². The molecular formula is C9H9NO2. The Morgan fingerprint density at radius 3 is 3.00 bits per heavy atom. The predicted molar refractivity (Wildman–Crippen MR) is 44.1 cm³/mol. The number of ketones is 1. The van der Waals surface area contributed by atoms with Gasteiger partial charge in [-0.25, -0.2) is 0 Å². The molecule has 3 heteroatoms. The van der Waals surface area contributed by atoms with Crippen molar-refractivity contribution in [3.05, 3.63) is 35.6 Å². The van der Waals surface area contributed by atoms with Gasteiger partial charge in [0.25, 0.3) is 0 Å². The highest BCUT2D eigenvalue weighted by Gasteiger charge is 2.24. The molecule has 0 fully saturated rings. The lowest BCUT2D eigenvalue weighted by Gasteiger charge is -2.19. The van der Waals surface area contributed by atoms with Gasteiger partial charge in [0.15, 0.2) is 5.78 Å². The summed E-state index contributed by atoms with van der Waals surface area (Å²) in [5.74, 6) is -0.0249. The van der Waals surface area contributed by atoms with Crippen LogP contribution in [0.1, 0.15) is 0 Å². The number of rotatable bonds is 0. The zero-order valence-electron chi connectivity index (χ0n) is 6.69. The first kappa shape index (κ1) is 7.31. The quantitative estimate of drug-likeness (QED) is 0.554. The lowest BCUT2D eigenvalue weighted by molar-refractivity contribution is -0.110. The molecule has 3 nitrogen and oxygen atoms in total. The van der Waals surface area contributed by atoms with Gasteiger partial charge in [0.05, 0.1) is 0 Å². The molecule has 1 aliphatic carbocycles. The molecule has 0 amide bonds. The van der Waals surface area contributed by atoms with Crippen LogP contribution in [-0.2, 0) is 4.79 Å². The number of hydrogen-bond donors (Lipinski definition) is 1. The Labute approximate surface area is 70.3 Å². The average molecular weight is 163 g/mol. The Morgan fingerprint density at radius 1 is 1.50 bits per heavy atom. The number of allylic oxidation sites excluding steroid dienone is 3. The van der Waals surface area contributed by atoms with Crippen LogP contribution < -0.4 is 0 Å². The minimum atomic E-state index is -0.596. The molecule has 0 bridgehead atoms. The molecular weight excluding hydrogens is 154 g/mol. The highest BCUT2D eigenvalue weighted by atomic mass is 16.3. The highest BCUT2D eigenvalue weighted by molar-refractivity contribution is 6.02. The van der Waals surface area contributed by atoms with E-state index in [4.69, 9.17) is 0 Å².